The van der Waals surface area contributed by atoms with E-state index in [4.69, 9.17) is 8.83 Å². The Hall–Kier alpha value is -8.87. The van der Waals surface area contributed by atoms with Crippen molar-refractivity contribution in [3.05, 3.63) is 205 Å². The van der Waals surface area contributed by atoms with Gasteiger partial charge in [-0.25, -0.2) is 0 Å². The van der Waals surface area contributed by atoms with Crippen LogP contribution >= 0.6 is 0 Å². The molecule has 17 rings (SSSR count). The lowest BCUT2D eigenvalue weighted by atomic mass is 9.28. The molecule has 5 aliphatic rings. The number of hydrogen-bond acceptors (Lipinski definition) is 6. The van der Waals surface area contributed by atoms with Crippen LogP contribution in [0.2, 0.25) is 0 Å². The second-order valence-electron chi connectivity index (χ2n) is 19.8. The SMILES string of the molecule is Cc1cc2c3c(c1)N(c1ccccc1)c1cc(C)cc4c1N3c1c3c(cc5c1B4c1cc4c(cc1N5c1ccccc1)oc1ccccc14)N(c1ccccc1)c1cc4oc5ccccc5c4cc1B23. The fourth-order valence-corrected chi connectivity index (χ4v) is 13.3. The Morgan fingerprint density at radius 2 is 0.700 bits per heavy atom. The van der Waals surface area contributed by atoms with E-state index in [-0.39, 0.29) is 13.4 Å². The van der Waals surface area contributed by atoms with Crippen LogP contribution in [-0.4, -0.2) is 13.4 Å². The molecule has 0 saturated carbocycles. The van der Waals surface area contributed by atoms with Crippen molar-refractivity contribution in [3.63, 3.8) is 0 Å². The number of hydrogen-bond donors (Lipinski definition) is 0. The average molecular weight is 893 g/mol. The lowest BCUT2D eigenvalue weighted by molar-refractivity contribution is 0.668. The van der Waals surface area contributed by atoms with E-state index < -0.39 is 0 Å². The number of rotatable bonds is 3. The minimum absolute atomic E-state index is 0.105. The van der Waals surface area contributed by atoms with Crippen molar-refractivity contribution >= 4 is 158 Å². The Morgan fingerprint density at radius 3 is 1.14 bits per heavy atom. The maximum atomic E-state index is 6.77. The summed E-state index contributed by atoms with van der Waals surface area (Å²) in [5.41, 5.74) is 27.9. The van der Waals surface area contributed by atoms with Gasteiger partial charge in [0.25, 0.3) is 13.4 Å². The van der Waals surface area contributed by atoms with Gasteiger partial charge in [-0.05, 0) is 124 Å². The molecular formula is C62H38B2N4O2. The normalized spacial score (nSPS) is 14.3. The van der Waals surface area contributed by atoms with Gasteiger partial charge in [0.2, 0.25) is 0 Å². The van der Waals surface area contributed by atoms with Crippen molar-refractivity contribution in [1.29, 1.82) is 0 Å². The third-order valence-electron chi connectivity index (χ3n) is 15.9. The van der Waals surface area contributed by atoms with Gasteiger partial charge in [0.15, 0.2) is 0 Å². The Morgan fingerprint density at radius 1 is 0.300 bits per heavy atom. The summed E-state index contributed by atoms with van der Waals surface area (Å²) in [6.45, 7) is 4.34. The van der Waals surface area contributed by atoms with Crippen LogP contribution in [0, 0.1) is 13.8 Å². The monoisotopic (exact) mass is 892 g/mol. The zero-order valence-electron chi connectivity index (χ0n) is 38.2. The van der Waals surface area contributed by atoms with Crippen LogP contribution in [-0.2, 0) is 0 Å². The van der Waals surface area contributed by atoms with Crippen LogP contribution < -0.4 is 52.4 Å². The van der Waals surface area contributed by atoms with Crippen molar-refractivity contribution < 1.29 is 8.83 Å². The van der Waals surface area contributed by atoms with Crippen molar-refractivity contribution in [3.8, 4) is 0 Å². The lowest BCUT2D eigenvalue weighted by Crippen LogP contribution is -2.69. The molecule has 0 N–H and O–H groups in total. The highest BCUT2D eigenvalue weighted by Crippen LogP contribution is 2.59. The summed E-state index contributed by atoms with van der Waals surface area (Å²) in [4.78, 5) is 10.3. The number of para-hydroxylation sites is 5. The molecule has 0 aliphatic carbocycles. The van der Waals surface area contributed by atoms with Crippen molar-refractivity contribution in [2.45, 2.75) is 13.8 Å². The van der Waals surface area contributed by atoms with Gasteiger partial charge >= 0.3 is 0 Å². The van der Waals surface area contributed by atoms with Gasteiger partial charge in [0, 0.05) is 79.2 Å². The number of aryl methyl sites for hydroxylation is 2. The summed E-state index contributed by atoms with van der Waals surface area (Å²) in [7, 11) is 0. The molecule has 7 heterocycles. The minimum atomic E-state index is -0.105. The highest BCUT2D eigenvalue weighted by Gasteiger charge is 2.55. The standard InChI is InChI=1S/C62H38B2N4O2/c1-35-26-46-60-52(28-35)67(39-20-10-5-11-21-39)53-29-36(2)27-47-61(53)68(60)62-58-50(65(37-16-6-3-7-17-37)48-33-56-42(30-44(48)63(46)58)40-22-12-14-24-54(40)69-56)32-51-59(62)64(47)45-31-43-41-23-13-15-25-55(41)70-57(43)34-49(45)66(51)38-18-8-4-9-19-38/h3-34H,1-2H3. The molecule has 12 aromatic rings. The Balaban J connectivity index is 1.09. The Labute approximate surface area is 404 Å². The summed E-state index contributed by atoms with van der Waals surface area (Å²) in [5, 5.41) is 4.53. The van der Waals surface area contributed by atoms with Gasteiger partial charge in [-0.1, -0.05) is 115 Å². The van der Waals surface area contributed by atoms with Gasteiger partial charge in [0.05, 0.1) is 22.7 Å². The highest BCUT2D eigenvalue weighted by molar-refractivity contribution is 7.05. The number of fused-ring (bicyclic) bond motifs is 12. The Bertz CT molecular complexity index is 4070. The lowest BCUT2D eigenvalue weighted by Gasteiger charge is -2.54. The first-order chi connectivity index (χ1) is 34.6. The zero-order chi connectivity index (χ0) is 45.7. The van der Waals surface area contributed by atoms with E-state index in [2.05, 4.69) is 228 Å². The number of benzene rings is 10. The summed E-state index contributed by atoms with van der Waals surface area (Å²) in [5.74, 6) is 0. The van der Waals surface area contributed by atoms with E-state index in [1.54, 1.807) is 0 Å². The second kappa shape index (κ2) is 13.0. The number of furan rings is 2. The molecule has 0 spiro atoms. The van der Waals surface area contributed by atoms with Crippen LogP contribution in [0.1, 0.15) is 11.1 Å². The fraction of sp³-hybridized carbons (Fsp3) is 0.0323. The molecular weight excluding hydrogens is 854 g/mol. The number of nitrogens with zero attached hydrogens (tertiary/aromatic N) is 4. The van der Waals surface area contributed by atoms with Gasteiger partial charge in [-0.2, -0.15) is 0 Å². The molecule has 0 amide bonds. The quantitative estimate of drug-likeness (QED) is 0.165. The van der Waals surface area contributed by atoms with Crippen molar-refractivity contribution in [1.82, 2.24) is 0 Å². The van der Waals surface area contributed by atoms with Gasteiger partial charge in [-0.15, -0.1) is 0 Å². The van der Waals surface area contributed by atoms with Gasteiger partial charge in [-0.3, -0.25) is 0 Å². The van der Waals surface area contributed by atoms with E-state index >= 15 is 0 Å². The predicted octanol–water partition coefficient (Wildman–Crippen LogP) is 12.6. The molecule has 6 nitrogen and oxygen atoms in total. The third kappa shape index (κ3) is 4.57. The van der Waals surface area contributed by atoms with Crippen LogP contribution in [0.5, 0.6) is 0 Å². The largest absolute Gasteiger partial charge is 0.456 e. The molecule has 324 valence electrons. The maximum absolute atomic E-state index is 6.77. The summed E-state index contributed by atoms with van der Waals surface area (Å²) >= 11 is 0. The van der Waals surface area contributed by atoms with Crippen molar-refractivity contribution in [2.24, 2.45) is 0 Å². The molecule has 0 radical (unpaired) electrons. The van der Waals surface area contributed by atoms with Crippen LogP contribution in [0.25, 0.3) is 43.9 Å². The van der Waals surface area contributed by atoms with Crippen molar-refractivity contribution in [2.75, 3.05) is 19.6 Å². The zero-order valence-corrected chi connectivity index (χ0v) is 38.2. The van der Waals surface area contributed by atoms with E-state index in [0.717, 1.165) is 83.7 Å². The summed E-state index contributed by atoms with van der Waals surface area (Å²) in [6.07, 6.45) is 0. The van der Waals surface area contributed by atoms with E-state index in [1.807, 2.05) is 0 Å². The fourth-order valence-electron chi connectivity index (χ4n) is 13.3. The van der Waals surface area contributed by atoms with E-state index in [1.165, 1.54) is 72.3 Å². The molecule has 0 fully saturated rings. The molecule has 0 saturated heterocycles. The van der Waals surface area contributed by atoms with Crippen LogP contribution in [0.4, 0.5) is 68.2 Å². The first-order valence-corrected chi connectivity index (χ1v) is 24.3. The molecule has 0 atom stereocenters. The van der Waals surface area contributed by atoms with E-state index in [0.29, 0.717) is 0 Å². The van der Waals surface area contributed by atoms with Gasteiger partial charge in [0.1, 0.15) is 22.3 Å². The number of anilines is 12. The predicted molar refractivity (Wildman–Crippen MR) is 292 cm³/mol. The third-order valence-corrected chi connectivity index (χ3v) is 15.9. The molecule has 70 heavy (non-hydrogen) atoms. The highest BCUT2D eigenvalue weighted by atomic mass is 16.3. The second-order valence-corrected chi connectivity index (χ2v) is 19.8. The average Bonchev–Trinajstić information content (AvgIpc) is 3.95. The molecule has 5 aliphatic heterocycles. The molecule has 0 bridgehead atoms. The maximum Gasteiger partial charge on any atom is 0.252 e. The minimum Gasteiger partial charge on any atom is -0.456 e. The van der Waals surface area contributed by atoms with Crippen LogP contribution in [0.15, 0.2) is 203 Å². The first-order valence-electron chi connectivity index (χ1n) is 24.3. The van der Waals surface area contributed by atoms with Gasteiger partial charge < -0.3 is 28.4 Å². The summed E-state index contributed by atoms with van der Waals surface area (Å²) in [6, 6.07) is 71.8. The topological polar surface area (TPSA) is 39.2 Å². The Kier molecular flexibility index (Phi) is 6.90. The molecule has 10 aromatic carbocycles. The van der Waals surface area contributed by atoms with Crippen LogP contribution in [0.3, 0.4) is 0 Å². The summed E-state index contributed by atoms with van der Waals surface area (Å²) < 4.78 is 13.5. The smallest absolute Gasteiger partial charge is 0.252 e. The molecule has 0 unspecified atom stereocenters. The molecule has 8 heteroatoms. The molecule has 2 aromatic heterocycles. The van der Waals surface area contributed by atoms with E-state index in [9.17, 15) is 0 Å². The first kappa shape index (κ1) is 37.2.